The van der Waals surface area contributed by atoms with Crippen LogP contribution < -0.4 is 4.90 Å². The average Bonchev–Trinajstić information content (AvgIpc) is 2.15. The molecule has 1 unspecified atom stereocenters. The third-order valence-electron chi connectivity index (χ3n) is 1.77. The van der Waals surface area contributed by atoms with E-state index in [2.05, 4.69) is 0 Å². The molecule has 0 saturated carbocycles. The van der Waals surface area contributed by atoms with Crippen molar-refractivity contribution in [2.75, 3.05) is 17.3 Å². The van der Waals surface area contributed by atoms with E-state index < -0.39 is 11.1 Å². The molecule has 4 heteroatoms. The minimum absolute atomic E-state index is 0.167. The van der Waals surface area contributed by atoms with Gasteiger partial charge >= 0.3 is 0 Å². The van der Waals surface area contributed by atoms with Crippen LogP contribution in [0, 0.1) is 0 Å². The molecule has 1 aromatic rings. The van der Waals surface area contributed by atoms with Gasteiger partial charge in [0.1, 0.15) is 5.88 Å². The van der Waals surface area contributed by atoms with Gasteiger partial charge in [-0.25, -0.2) is 4.21 Å². The first kappa shape index (κ1) is 10.2. The molecule has 0 amide bonds. The van der Waals surface area contributed by atoms with Crippen LogP contribution in [0.2, 0.25) is 0 Å². The lowest BCUT2D eigenvalue weighted by Gasteiger charge is -2.20. The topological polar surface area (TPSA) is 40.5 Å². The van der Waals surface area contributed by atoms with Crippen LogP contribution >= 0.6 is 0 Å². The number of hydrogen-bond donors (Lipinski definition) is 1. The van der Waals surface area contributed by atoms with Gasteiger partial charge in [-0.2, -0.15) is 0 Å². The molecule has 13 heavy (non-hydrogen) atoms. The van der Waals surface area contributed by atoms with Gasteiger partial charge < -0.3 is 9.45 Å². The molecular weight excluding hydrogens is 186 g/mol. The van der Waals surface area contributed by atoms with Gasteiger partial charge in [-0.15, -0.1) is 0 Å². The summed E-state index contributed by atoms with van der Waals surface area (Å²) in [4.78, 5) is 1.86. The lowest BCUT2D eigenvalue weighted by atomic mass is 10.3. The van der Waals surface area contributed by atoms with E-state index in [1.54, 1.807) is 0 Å². The molecule has 1 rings (SSSR count). The molecular formula is C9H13NO2S. The Morgan fingerprint density at radius 3 is 2.46 bits per heavy atom. The Balaban J connectivity index is 2.73. The Labute approximate surface area is 80.7 Å². The SMILES string of the molecule is CCN(CS(=O)O)c1ccccc1. The van der Waals surface area contributed by atoms with Crippen molar-refractivity contribution in [2.45, 2.75) is 6.92 Å². The molecule has 1 N–H and O–H groups in total. The molecule has 0 aromatic heterocycles. The third-order valence-corrected chi connectivity index (χ3v) is 2.30. The van der Waals surface area contributed by atoms with Crippen LogP contribution in [-0.2, 0) is 11.1 Å². The maximum Gasteiger partial charge on any atom is 0.173 e. The van der Waals surface area contributed by atoms with Crippen LogP contribution in [-0.4, -0.2) is 21.2 Å². The fraction of sp³-hybridized carbons (Fsp3) is 0.333. The monoisotopic (exact) mass is 199 g/mol. The lowest BCUT2D eigenvalue weighted by Crippen LogP contribution is -2.26. The third kappa shape index (κ3) is 3.16. The number of benzene rings is 1. The second-order valence-corrected chi connectivity index (χ2v) is 3.54. The second-order valence-electron chi connectivity index (χ2n) is 2.64. The van der Waals surface area contributed by atoms with Crippen molar-refractivity contribution in [3.05, 3.63) is 30.3 Å². The molecule has 0 aliphatic carbocycles. The standard InChI is InChI=1S/C9H13NO2S/c1-2-10(8-13(11)12)9-6-4-3-5-7-9/h3-7H,2,8H2,1H3,(H,11,12). The predicted octanol–water partition coefficient (Wildman–Crippen LogP) is 1.69. The predicted molar refractivity (Wildman–Crippen MR) is 55.1 cm³/mol. The molecule has 0 fully saturated rings. The summed E-state index contributed by atoms with van der Waals surface area (Å²) >= 11 is -1.77. The van der Waals surface area contributed by atoms with Gasteiger partial charge in [0, 0.05) is 12.2 Å². The van der Waals surface area contributed by atoms with Crippen LogP contribution in [0.5, 0.6) is 0 Å². The van der Waals surface area contributed by atoms with Gasteiger partial charge in [0.15, 0.2) is 11.1 Å². The van der Waals surface area contributed by atoms with Crippen molar-refractivity contribution >= 4 is 16.8 Å². The molecule has 0 spiro atoms. The van der Waals surface area contributed by atoms with Gasteiger partial charge in [0.2, 0.25) is 0 Å². The minimum atomic E-state index is -1.77. The smallest absolute Gasteiger partial charge is 0.173 e. The zero-order valence-corrected chi connectivity index (χ0v) is 8.33. The number of anilines is 1. The Hall–Kier alpha value is -0.870. The van der Waals surface area contributed by atoms with Crippen molar-refractivity contribution in [2.24, 2.45) is 0 Å². The fourth-order valence-corrected chi connectivity index (χ4v) is 1.72. The van der Waals surface area contributed by atoms with E-state index in [9.17, 15) is 4.21 Å². The van der Waals surface area contributed by atoms with Crippen molar-refractivity contribution in [3.63, 3.8) is 0 Å². The average molecular weight is 199 g/mol. The molecule has 3 nitrogen and oxygen atoms in total. The van der Waals surface area contributed by atoms with Crippen LogP contribution in [0.15, 0.2) is 30.3 Å². The second kappa shape index (κ2) is 4.99. The van der Waals surface area contributed by atoms with E-state index in [-0.39, 0.29) is 5.88 Å². The van der Waals surface area contributed by atoms with Gasteiger partial charge in [0.05, 0.1) is 0 Å². The van der Waals surface area contributed by atoms with Crippen molar-refractivity contribution in [1.29, 1.82) is 0 Å². The zero-order chi connectivity index (χ0) is 9.68. The summed E-state index contributed by atoms with van der Waals surface area (Å²) in [6, 6.07) is 9.61. The Kier molecular flexibility index (Phi) is 3.92. The van der Waals surface area contributed by atoms with Crippen LogP contribution in [0.3, 0.4) is 0 Å². The number of hydrogen-bond acceptors (Lipinski definition) is 2. The van der Waals surface area contributed by atoms with Crippen LogP contribution in [0.4, 0.5) is 5.69 Å². The summed E-state index contributed by atoms with van der Waals surface area (Å²) in [5, 5.41) is 0. The maximum absolute atomic E-state index is 10.6. The summed E-state index contributed by atoms with van der Waals surface area (Å²) in [6.07, 6.45) is 0. The van der Waals surface area contributed by atoms with E-state index in [0.717, 1.165) is 12.2 Å². The van der Waals surface area contributed by atoms with Gasteiger partial charge in [0.25, 0.3) is 0 Å². The largest absolute Gasteiger partial charge is 0.358 e. The molecule has 0 aliphatic rings. The molecule has 0 heterocycles. The quantitative estimate of drug-likeness (QED) is 0.750. The molecule has 1 aromatic carbocycles. The van der Waals surface area contributed by atoms with Crippen LogP contribution in [0.1, 0.15) is 6.92 Å². The summed E-state index contributed by atoms with van der Waals surface area (Å²) in [6.45, 7) is 2.69. The zero-order valence-electron chi connectivity index (χ0n) is 7.51. The fourth-order valence-electron chi connectivity index (χ4n) is 1.12. The lowest BCUT2D eigenvalue weighted by molar-refractivity contribution is 0.562. The van der Waals surface area contributed by atoms with E-state index in [1.807, 2.05) is 42.2 Å². The Morgan fingerprint density at radius 2 is 2.00 bits per heavy atom. The molecule has 0 bridgehead atoms. The van der Waals surface area contributed by atoms with Crippen molar-refractivity contribution in [1.82, 2.24) is 0 Å². The number of para-hydroxylation sites is 1. The number of nitrogens with zero attached hydrogens (tertiary/aromatic N) is 1. The first-order valence-corrected chi connectivity index (χ1v) is 5.39. The van der Waals surface area contributed by atoms with E-state index >= 15 is 0 Å². The Bertz CT molecular complexity index is 276. The molecule has 0 aliphatic heterocycles. The van der Waals surface area contributed by atoms with Gasteiger partial charge in [-0.1, -0.05) is 18.2 Å². The highest BCUT2D eigenvalue weighted by Gasteiger charge is 2.05. The Morgan fingerprint density at radius 1 is 1.38 bits per heavy atom. The van der Waals surface area contributed by atoms with Crippen LogP contribution in [0.25, 0.3) is 0 Å². The van der Waals surface area contributed by atoms with Gasteiger partial charge in [-0.05, 0) is 19.1 Å². The summed E-state index contributed by atoms with van der Waals surface area (Å²) < 4.78 is 19.4. The van der Waals surface area contributed by atoms with Gasteiger partial charge in [-0.3, -0.25) is 0 Å². The minimum Gasteiger partial charge on any atom is -0.358 e. The van der Waals surface area contributed by atoms with E-state index in [0.29, 0.717) is 0 Å². The maximum atomic E-state index is 10.6. The van der Waals surface area contributed by atoms with Crippen molar-refractivity contribution < 1.29 is 8.76 Å². The highest BCUT2D eigenvalue weighted by molar-refractivity contribution is 7.79. The molecule has 1 atom stereocenters. The normalized spacial score (nSPS) is 12.5. The summed E-state index contributed by atoms with van der Waals surface area (Å²) in [7, 11) is 0. The summed E-state index contributed by atoms with van der Waals surface area (Å²) in [5.74, 6) is 0.167. The highest BCUT2D eigenvalue weighted by Crippen LogP contribution is 2.12. The first-order chi connectivity index (χ1) is 6.24. The van der Waals surface area contributed by atoms with Crippen molar-refractivity contribution in [3.8, 4) is 0 Å². The van der Waals surface area contributed by atoms with E-state index in [4.69, 9.17) is 4.55 Å². The van der Waals surface area contributed by atoms with E-state index in [1.165, 1.54) is 0 Å². The molecule has 72 valence electrons. The highest BCUT2D eigenvalue weighted by atomic mass is 32.2. The first-order valence-electron chi connectivity index (χ1n) is 4.11. The number of rotatable bonds is 4. The molecule has 0 radical (unpaired) electrons. The summed E-state index contributed by atoms with van der Waals surface area (Å²) in [5.41, 5.74) is 0.979. The molecule has 0 saturated heterocycles.